The van der Waals surface area contributed by atoms with Crippen molar-refractivity contribution < 1.29 is 28.5 Å². The molecule has 0 radical (unpaired) electrons. The van der Waals surface area contributed by atoms with Crippen molar-refractivity contribution in [2.75, 3.05) is 26.6 Å². The zero-order valence-corrected chi connectivity index (χ0v) is 17.2. The summed E-state index contributed by atoms with van der Waals surface area (Å²) >= 11 is 0. The molecule has 0 aliphatic heterocycles. The molecule has 2 aromatic carbocycles. The van der Waals surface area contributed by atoms with Crippen LogP contribution in [0.5, 0.6) is 23.0 Å². The van der Waals surface area contributed by atoms with Crippen LogP contribution in [0.2, 0.25) is 0 Å². The van der Waals surface area contributed by atoms with Crippen molar-refractivity contribution in [2.24, 2.45) is 0 Å². The second kappa shape index (κ2) is 8.77. The summed E-state index contributed by atoms with van der Waals surface area (Å²) in [5, 5.41) is 13.1. The second-order valence-corrected chi connectivity index (χ2v) is 6.64. The Bertz CT molecular complexity index is 1130. The van der Waals surface area contributed by atoms with Gasteiger partial charge in [0.25, 0.3) is 0 Å². The van der Waals surface area contributed by atoms with E-state index >= 15 is 0 Å². The van der Waals surface area contributed by atoms with E-state index in [0.29, 0.717) is 39.5 Å². The summed E-state index contributed by atoms with van der Waals surface area (Å²) in [6, 6.07) is 7.85. The van der Waals surface area contributed by atoms with Gasteiger partial charge in [-0.15, -0.1) is 0 Å². The van der Waals surface area contributed by atoms with Crippen LogP contribution in [0.3, 0.4) is 0 Å². The number of nitrogens with one attached hydrogen (secondary N) is 1. The number of benzene rings is 2. The number of rotatable bonds is 7. The van der Waals surface area contributed by atoms with Crippen molar-refractivity contribution in [3.05, 3.63) is 51.9 Å². The number of aryl methyl sites for hydroxylation is 1. The van der Waals surface area contributed by atoms with Gasteiger partial charge in [0.2, 0.25) is 11.7 Å². The van der Waals surface area contributed by atoms with E-state index in [9.17, 15) is 14.7 Å². The van der Waals surface area contributed by atoms with Crippen LogP contribution in [-0.2, 0) is 11.2 Å². The van der Waals surface area contributed by atoms with Gasteiger partial charge in [0.15, 0.2) is 11.5 Å². The SMILES string of the molecule is COc1cc(NC(=O)CCc2c(C)c3ccc(O)cc3oc2=O)cc(OC)c1OC. The first kappa shape index (κ1) is 21.0. The van der Waals surface area contributed by atoms with Crippen LogP contribution in [-0.4, -0.2) is 32.3 Å². The van der Waals surface area contributed by atoms with Crippen LogP contribution in [0.1, 0.15) is 17.5 Å². The smallest absolute Gasteiger partial charge is 0.339 e. The lowest BCUT2D eigenvalue weighted by Gasteiger charge is -2.14. The number of carbonyl (C=O) groups excluding carboxylic acids is 1. The van der Waals surface area contributed by atoms with Gasteiger partial charge < -0.3 is 29.1 Å². The Kier molecular flexibility index (Phi) is 6.15. The van der Waals surface area contributed by atoms with E-state index in [-0.39, 0.29) is 24.5 Å². The maximum atomic E-state index is 12.5. The molecule has 0 saturated carbocycles. The number of carbonyl (C=O) groups is 1. The van der Waals surface area contributed by atoms with Gasteiger partial charge in [-0.2, -0.15) is 0 Å². The van der Waals surface area contributed by atoms with Crippen LogP contribution in [0.15, 0.2) is 39.5 Å². The van der Waals surface area contributed by atoms with Gasteiger partial charge in [-0.1, -0.05) is 0 Å². The summed E-state index contributed by atoms with van der Waals surface area (Å²) in [6.07, 6.45) is 0.285. The third kappa shape index (κ3) is 4.17. The predicted molar refractivity (Wildman–Crippen MR) is 112 cm³/mol. The fourth-order valence-corrected chi connectivity index (χ4v) is 3.29. The Morgan fingerprint density at radius 1 is 1.07 bits per heavy atom. The zero-order chi connectivity index (χ0) is 21.8. The minimum atomic E-state index is -0.522. The number of aromatic hydroxyl groups is 1. The summed E-state index contributed by atoms with van der Waals surface area (Å²) in [6.45, 7) is 1.79. The van der Waals surface area contributed by atoms with Crippen molar-refractivity contribution in [1.82, 2.24) is 0 Å². The number of fused-ring (bicyclic) bond motifs is 1. The fourth-order valence-electron chi connectivity index (χ4n) is 3.29. The van der Waals surface area contributed by atoms with E-state index in [1.807, 2.05) is 0 Å². The van der Waals surface area contributed by atoms with E-state index in [0.717, 1.165) is 5.56 Å². The van der Waals surface area contributed by atoms with Gasteiger partial charge in [-0.05, 0) is 31.0 Å². The van der Waals surface area contributed by atoms with Gasteiger partial charge in [0.05, 0.1) is 21.3 Å². The molecular weight excluding hydrogens is 390 g/mol. The first-order valence-corrected chi connectivity index (χ1v) is 9.23. The van der Waals surface area contributed by atoms with Gasteiger partial charge in [0.1, 0.15) is 11.3 Å². The highest BCUT2D eigenvalue weighted by Gasteiger charge is 2.16. The number of phenolic OH excluding ortho intramolecular Hbond substituents is 1. The summed E-state index contributed by atoms with van der Waals surface area (Å²) in [5.41, 5.74) is 1.41. The van der Waals surface area contributed by atoms with E-state index in [4.69, 9.17) is 18.6 Å². The van der Waals surface area contributed by atoms with Crippen LogP contribution in [0.4, 0.5) is 5.69 Å². The molecule has 0 unspecified atom stereocenters. The molecule has 3 aromatic rings. The first-order valence-electron chi connectivity index (χ1n) is 9.23. The quantitative estimate of drug-likeness (QED) is 0.572. The number of ether oxygens (including phenoxy) is 3. The van der Waals surface area contributed by atoms with Crippen LogP contribution in [0.25, 0.3) is 11.0 Å². The molecule has 0 aliphatic carbocycles. The minimum Gasteiger partial charge on any atom is -0.508 e. The average Bonchev–Trinajstić information content (AvgIpc) is 2.72. The number of anilines is 1. The molecule has 1 aromatic heterocycles. The van der Waals surface area contributed by atoms with E-state index in [1.54, 1.807) is 25.1 Å². The number of amides is 1. The maximum absolute atomic E-state index is 12.5. The lowest BCUT2D eigenvalue weighted by molar-refractivity contribution is -0.116. The highest BCUT2D eigenvalue weighted by Crippen LogP contribution is 2.40. The van der Waals surface area contributed by atoms with Gasteiger partial charge in [-0.3, -0.25) is 4.79 Å². The van der Waals surface area contributed by atoms with Crippen LogP contribution in [0, 0.1) is 6.92 Å². The molecule has 1 heterocycles. The third-order valence-corrected chi connectivity index (χ3v) is 4.82. The number of hydrogen-bond donors (Lipinski definition) is 2. The lowest BCUT2D eigenvalue weighted by Crippen LogP contribution is -2.16. The van der Waals surface area contributed by atoms with Crippen molar-refractivity contribution in [3.8, 4) is 23.0 Å². The first-order chi connectivity index (χ1) is 14.4. The maximum Gasteiger partial charge on any atom is 0.339 e. The lowest BCUT2D eigenvalue weighted by atomic mass is 10.0. The summed E-state index contributed by atoms with van der Waals surface area (Å²) in [5.74, 6) is 0.993. The molecule has 158 valence electrons. The Morgan fingerprint density at radius 2 is 1.73 bits per heavy atom. The summed E-state index contributed by atoms with van der Waals surface area (Å²) < 4.78 is 21.1. The third-order valence-electron chi connectivity index (χ3n) is 4.82. The topological polar surface area (TPSA) is 107 Å². The minimum absolute atomic E-state index is 0.0162. The van der Waals surface area contributed by atoms with E-state index in [2.05, 4.69) is 5.32 Å². The van der Waals surface area contributed by atoms with Crippen molar-refractivity contribution >= 4 is 22.6 Å². The molecule has 0 spiro atoms. The van der Waals surface area contributed by atoms with Crippen molar-refractivity contribution in [1.29, 1.82) is 0 Å². The molecule has 30 heavy (non-hydrogen) atoms. The van der Waals surface area contributed by atoms with E-state index in [1.165, 1.54) is 33.5 Å². The largest absolute Gasteiger partial charge is 0.508 e. The standard InChI is InChI=1S/C22H23NO7/c1-12-15-6-5-14(24)11-17(15)30-22(26)16(12)7-8-20(25)23-13-9-18(27-2)21(29-4)19(10-13)28-3/h5-6,9-11,24H,7-8H2,1-4H3,(H,23,25). The zero-order valence-electron chi connectivity index (χ0n) is 17.2. The number of hydrogen-bond acceptors (Lipinski definition) is 7. The molecular formula is C22H23NO7. The molecule has 2 N–H and O–H groups in total. The monoisotopic (exact) mass is 413 g/mol. The highest BCUT2D eigenvalue weighted by molar-refractivity contribution is 5.92. The molecule has 0 fully saturated rings. The van der Waals surface area contributed by atoms with Gasteiger partial charge >= 0.3 is 5.63 Å². The van der Waals surface area contributed by atoms with Gasteiger partial charge in [0, 0.05) is 41.3 Å². The van der Waals surface area contributed by atoms with E-state index < -0.39 is 5.63 Å². The molecule has 3 rings (SSSR count). The predicted octanol–water partition coefficient (Wildman–Crippen LogP) is 3.40. The highest BCUT2D eigenvalue weighted by atomic mass is 16.5. The molecule has 0 atom stereocenters. The number of methoxy groups -OCH3 is 3. The molecule has 8 nitrogen and oxygen atoms in total. The van der Waals surface area contributed by atoms with Crippen LogP contribution < -0.4 is 25.2 Å². The van der Waals surface area contributed by atoms with Crippen LogP contribution >= 0.6 is 0 Å². The van der Waals surface area contributed by atoms with Gasteiger partial charge in [-0.25, -0.2) is 4.79 Å². The summed E-state index contributed by atoms with van der Waals surface area (Å²) in [7, 11) is 4.48. The molecule has 8 heteroatoms. The van der Waals surface area contributed by atoms with Crippen molar-refractivity contribution in [2.45, 2.75) is 19.8 Å². The molecule has 0 saturated heterocycles. The Balaban J connectivity index is 1.78. The molecule has 0 aliphatic rings. The Morgan fingerprint density at radius 3 is 2.33 bits per heavy atom. The average molecular weight is 413 g/mol. The Hall–Kier alpha value is -3.68. The fraction of sp³-hybridized carbons (Fsp3) is 0.273. The number of phenols is 1. The second-order valence-electron chi connectivity index (χ2n) is 6.64. The molecule has 0 bridgehead atoms. The Labute approximate surface area is 173 Å². The molecule has 1 amide bonds. The normalized spacial score (nSPS) is 10.7. The van der Waals surface area contributed by atoms with Crippen molar-refractivity contribution in [3.63, 3.8) is 0 Å². The summed E-state index contributed by atoms with van der Waals surface area (Å²) in [4.78, 5) is 24.8.